The van der Waals surface area contributed by atoms with Gasteiger partial charge >= 0.3 is 0 Å². The summed E-state index contributed by atoms with van der Waals surface area (Å²) in [6, 6.07) is 9.77. The molecule has 76 valence electrons. The fourth-order valence-electron chi connectivity index (χ4n) is 1.08. The fourth-order valence-corrected chi connectivity index (χ4v) is 1.16. The van der Waals surface area contributed by atoms with Crippen LogP contribution in [0.1, 0.15) is 18.9 Å². The van der Waals surface area contributed by atoms with E-state index in [9.17, 15) is 4.79 Å². The van der Waals surface area contributed by atoms with Gasteiger partial charge in [-0.25, -0.2) is 0 Å². The summed E-state index contributed by atoms with van der Waals surface area (Å²) in [5, 5.41) is 2.36. The van der Waals surface area contributed by atoms with Gasteiger partial charge in [0.1, 0.15) is 5.38 Å². The smallest absolute Gasteiger partial charge is 0.238 e. The van der Waals surface area contributed by atoms with Crippen molar-refractivity contribution in [2.24, 2.45) is 0 Å². The molecule has 0 saturated heterocycles. The molecule has 1 aromatic rings. The van der Waals surface area contributed by atoms with Crippen LogP contribution in [0, 0.1) is 0 Å². The molecule has 0 aromatic heterocycles. The Morgan fingerprint density at radius 1 is 1.43 bits per heavy atom. The van der Waals surface area contributed by atoms with Crippen LogP contribution in [-0.2, 0) is 11.3 Å². The summed E-state index contributed by atoms with van der Waals surface area (Å²) in [4.78, 5) is 11.3. The van der Waals surface area contributed by atoms with E-state index in [2.05, 4.69) is 5.32 Å². The van der Waals surface area contributed by atoms with Crippen molar-refractivity contribution in [2.45, 2.75) is 25.3 Å². The Morgan fingerprint density at radius 3 is 2.64 bits per heavy atom. The van der Waals surface area contributed by atoms with Gasteiger partial charge in [0.25, 0.3) is 0 Å². The van der Waals surface area contributed by atoms with Gasteiger partial charge in [-0.1, -0.05) is 37.3 Å². The van der Waals surface area contributed by atoms with Gasteiger partial charge in [-0.15, -0.1) is 11.6 Å². The van der Waals surface area contributed by atoms with Gasteiger partial charge in [-0.2, -0.15) is 0 Å². The number of rotatable bonds is 4. The van der Waals surface area contributed by atoms with Crippen molar-refractivity contribution in [2.75, 3.05) is 0 Å². The Morgan fingerprint density at radius 2 is 2.07 bits per heavy atom. The largest absolute Gasteiger partial charge is 0.351 e. The summed E-state index contributed by atoms with van der Waals surface area (Å²) in [6.45, 7) is 2.43. The van der Waals surface area contributed by atoms with Crippen molar-refractivity contribution in [3.05, 3.63) is 35.9 Å². The van der Waals surface area contributed by atoms with E-state index in [0.717, 1.165) is 5.56 Å². The first kappa shape index (κ1) is 11.1. The highest BCUT2D eigenvalue weighted by Gasteiger charge is 2.11. The number of halogens is 1. The molecule has 1 N–H and O–H groups in total. The minimum absolute atomic E-state index is 0.0991. The molecule has 0 saturated carbocycles. The number of alkyl halides is 1. The van der Waals surface area contributed by atoms with Crippen LogP contribution in [0.2, 0.25) is 0 Å². The van der Waals surface area contributed by atoms with E-state index < -0.39 is 5.38 Å². The predicted octanol–water partition coefficient (Wildman–Crippen LogP) is 2.32. The highest BCUT2D eigenvalue weighted by Crippen LogP contribution is 2.02. The molecule has 0 heterocycles. The first-order chi connectivity index (χ1) is 6.74. The number of amides is 1. The Labute approximate surface area is 89.3 Å². The van der Waals surface area contributed by atoms with Gasteiger partial charge < -0.3 is 5.32 Å². The first-order valence-electron chi connectivity index (χ1n) is 4.69. The van der Waals surface area contributed by atoms with E-state index >= 15 is 0 Å². The van der Waals surface area contributed by atoms with E-state index in [0.29, 0.717) is 13.0 Å². The molecule has 1 aromatic carbocycles. The summed E-state index contributed by atoms with van der Waals surface area (Å²) in [5.74, 6) is -0.0991. The maximum Gasteiger partial charge on any atom is 0.238 e. The van der Waals surface area contributed by atoms with Crippen molar-refractivity contribution in [1.29, 1.82) is 0 Å². The summed E-state index contributed by atoms with van der Waals surface area (Å²) < 4.78 is 0. The standard InChI is InChI=1S/C11H14ClNO/c1-2-10(12)11(14)13-8-9-6-4-3-5-7-9/h3-7,10H,2,8H2,1H3,(H,13,14). The first-order valence-corrected chi connectivity index (χ1v) is 5.13. The van der Waals surface area contributed by atoms with Gasteiger partial charge in [0, 0.05) is 6.54 Å². The van der Waals surface area contributed by atoms with E-state index in [-0.39, 0.29) is 5.91 Å². The second-order valence-corrected chi connectivity index (χ2v) is 3.61. The normalized spacial score (nSPS) is 12.1. The Kier molecular flexibility index (Phi) is 4.47. The third-order valence-corrected chi connectivity index (χ3v) is 2.46. The predicted molar refractivity (Wildman–Crippen MR) is 58.2 cm³/mol. The highest BCUT2D eigenvalue weighted by atomic mass is 35.5. The fraction of sp³-hybridized carbons (Fsp3) is 0.364. The molecule has 3 heteroatoms. The molecule has 2 nitrogen and oxygen atoms in total. The Balaban J connectivity index is 2.38. The van der Waals surface area contributed by atoms with E-state index in [1.165, 1.54) is 0 Å². The molecule has 0 radical (unpaired) electrons. The average Bonchev–Trinajstić information content (AvgIpc) is 2.26. The molecule has 0 bridgehead atoms. The second kappa shape index (κ2) is 5.66. The number of carbonyl (C=O) groups is 1. The third-order valence-electron chi connectivity index (χ3n) is 1.95. The van der Waals surface area contributed by atoms with Crippen LogP contribution in [0.25, 0.3) is 0 Å². The number of hydrogen-bond donors (Lipinski definition) is 1. The monoisotopic (exact) mass is 211 g/mol. The molecule has 0 aliphatic carbocycles. The van der Waals surface area contributed by atoms with Crippen LogP contribution in [0.5, 0.6) is 0 Å². The minimum Gasteiger partial charge on any atom is -0.351 e. The quantitative estimate of drug-likeness (QED) is 0.761. The van der Waals surface area contributed by atoms with E-state index in [1.54, 1.807) is 0 Å². The lowest BCUT2D eigenvalue weighted by Gasteiger charge is -2.07. The van der Waals surface area contributed by atoms with Gasteiger partial charge in [-0.05, 0) is 12.0 Å². The number of benzene rings is 1. The number of carbonyl (C=O) groups excluding carboxylic acids is 1. The highest BCUT2D eigenvalue weighted by molar-refractivity contribution is 6.30. The van der Waals surface area contributed by atoms with E-state index in [1.807, 2.05) is 37.3 Å². The lowest BCUT2D eigenvalue weighted by atomic mass is 10.2. The lowest BCUT2D eigenvalue weighted by molar-refractivity contribution is -0.120. The van der Waals surface area contributed by atoms with E-state index in [4.69, 9.17) is 11.6 Å². The van der Waals surface area contributed by atoms with Crippen LogP contribution in [0.4, 0.5) is 0 Å². The van der Waals surface area contributed by atoms with Gasteiger partial charge in [0.05, 0.1) is 0 Å². The topological polar surface area (TPSA) is 29.1 Å². The maximum absolute atomic E-state index is 11.3. The number of hydrogen-bond acceptors (Lipinski definition) is 1. The zero-order valence-corrected chi connectivity index (χ0v) is 8.92. The van der Waals surface area contributed by atoms with Gasteiger partial charge in [0.15, 0.2) is 0 Å². The molecule has 1 unspecified atom stereocenters. The number of nitrogens with one attached hydrogen (secondary N) is 1. The SMILES string of the molecule is CCC(Cl)C(=O)NCc1ccccc1. The zero-order valence-electron chi connectivity index (χ0n) is 8.16. The van der Waals surface area contributed by atoms with Crippen LogP contribution < -0.4 is 5.32 Å². The summed E-state index contributed by atoms with van der Waals surface area (Å²) in [6.07, 6.45) is 0.655. The van der Waals surface area contributed by atoms with Gasteiger partial charge in [-0.3, -0.25) is 4.79 Å². The Hall–Kier alpha value is -1.02. The molecular formula is C11H14ClNO. The molecule has 0 spiro atoms. The molecule has 14 heavy (non-hydrogen) atoms. The molecule has 1 atom stereocenters. The maximum atomic E-state index is 11.3. The zero-order chi connectivity index (χ0) is 10.4. The van der Waals surface area contributed by atoms with Crippen molar-refractivity contribution in [1.82, 2.24) is 5.32 Å². The van der Waals surface area contributed by atoms with Crippen LogP contribution >= 0.6 is 11.6 Å². The second-order valence-electron chi connectivity index (χ2n) is 3.08. The van der Waals surface area contributed by atoms with Crippen LogP contribution in [-0.4, -0.2) is 11.3 Å². The molecular weight excluding hydrogens is 198 g/mol. The van der Waals surface area contributed by atoms with Crippen molar-refractivity contribution in [3.63, 3.8) is 0 Å². The summed E-state index contributed by atoms with van der Waals surface area (Å²) in [7, 11) is 0. The van der Waals surface area contributed by atoms with Crippen LogP contribution in [0.15, 0.2) is 30.3 Å². The summed E-state index contributed by atoms with van der Waals surface area (Å²) in [5.41, 5.74) is 1.08. The van der Waals surface area contributed by atoms with Crippen molar-refractivity contribution < 1.29 is 4.79 Å². The molecule has 0 aliphatic heterocycles. The third kappa shape index (κ3) is 3.38. The van der Waals surface area contributed by atoms with Crippen LogP contribution in [0.3, 0.4) is 0 Å². The summed E-state index contributed by atoms with van der Waals surface area (Å²) >= 11 is 5.77. The molecule has 1 rings (SSSR count). The lowest BCUT2D eigenvalue weighted by Crippen LogP contribution is -2.30. The van der Waals surface area contributed by atoms with Crippen molar-refractivity contribution >= 4 is 17.5 Å². The average molecular weight is 212 g/mol. The Bertz CT molecular complexity index is 287. The molecule has 0 aliphatic rings. The molecule has 1 amide bonds. The minimum atomic E-state index is -0.418. The van der Waals surface area contributed by atoms with Crippen molar-refractivity contribution in [3.8, 4) is 0 Å². The van der Waals surface area contributed by atoms with Gasteiger partial charge in [0.2, 0.25) is 5.91 Å². The molecule has 0 fully saturated rings.